The van der Waals surface area contributed by atoms with E-state index in [0.717, 1.165) is 12.3 Å². The number of sulfone groups is 1. The Kier molecular flexibility index (Phi) is 2.59. The third-order valence-electron chi connectivity index (χ3n) is 1.37. The average molecular weight is 231 g/mol. The molecule has 5 nitrogen and oxygen atoms in total. The second kappa shape index (κ2) is 3.40. The standard InChI is InChI=1S/C7H5NO4S2/c1-14(11,12)7-4(3-8)2-5(13-7)6(9)10/h2H,1H3,(H,9,10). The van der Waals surface area contributed by atoms with Crippen LogP contribution in [0, 0.1) is 11.3 Å². The van der Waals surface area contributed by atoms with E-state index in [9.17, 15) is 13.2 Å². The first kappa shape index (κ1) is 10.7. The van der Waals surface area contributed by atoms with E-state index in [2.05, 4.69) is 0 Å². The van der Waals surface area contributed by atoms with Crippen molar-refractivity contribution in [1.82, 2.24) is 0 Å². The number of thiophene rings is 1. The molecular formula is C7H5NO4S2. The van der Waals surface area contributed by atoms with Crippen molar-refractivity contribution in [2.45, 2.75) is 4.21 Å². The first-order valence-corrected chi connectivity index (χ1v) is 6.04. The maximum Gasteiger partial charge on any atom is 0.345 e. The Labute approximate surface area is 84.1 Å². The largest absolute Gasteiger partial charge is 0.477 e. The normalized spacial score (nSPS) is 10.9. The molecule has 1 rings (SSSR count). The predicted octanol–water partition coefficient (Wildman–Crippen LogP) is 0.721. The molecule has 74 valence electrons. The molecule has 0 amide bonds. The lowest BCUT2D eigenvalue weighted by molar-refractivity contribution is 0.0702. The van der Waals surface area contributed by atoms with Gasteiger partial charge in [-0.25, -0.2) is 13.2 Å². The van der Waals surface area contributed by atoms with E-state index >= 15 is 0 Å². The minimum Gasteiger partial charge on any atom is -0.477 e. The lowest BCUT2D eigenvalue weighted by atomic mass is 10.3. The Balaban J connectivity index is 3.47. The van der Waals surface area contributed by atoms with Crippen LogP contribution in [-0.4, -0.2) is 25.7 Å². The molecule has 0 saturated heterocycles. The first-order valence-electron chi connectivity index (χ1n) is 3.33. The molecule has 1 aromatic heterocycles. The molecule has 0 atom stereocenters. The van der Waals surface area contributed by atoms with E-state index in [4.69, 9.17) is 10.4 Å². The maximum absolute atomic E-state index is 11.1. The van der Waals surface area contributed by atoms with Gasteiger partial charge in [0.2, 0.25) is 0 Å². The van der Waals surface area contributed by atoms with Crippen molar-refractivity contribution in [2.75, 3.05) is 6.26 Å². The highest BCUT2D eigenvalue weighted by molar-refractivity contribution is 7.92. The van der Waals surface area contributed by atoms with E-state index in [0.29, 0.717) is 11.3 Å². The summed E-state index contributed by atoms with van der Waals surface area (Å²) < 4.78 is 22.0. The highest BCUT2D eigenvalue weighted by Crippen LogP contribution is 2.26. The van der Waals surface area contributed by atoms with E-state index in [1.54, 1.807) is 6.07 Å². The summed E-state index contributed by atoms with van der Waals surface area (Å²) in [5.41, 5.74) is -0.116. The molecule has 1 aromatic rings. The van der Waals surface area contributed by atoms with Crippen LogP contribution in [0.2, 0.25) is 0 Å². The minimum absolute atomic E-state index is 0.116. The summed E-state index contributed by atoms with van der Waals surface area (Å²) in [5.74, 6) is -1.23. The van der Waals surface area contributed by atoms with E-state index in [-0.39, 0.29) is 14.6 Å². The van der Waals surface area contributed by atoms with E-state index in [1.807, 2.05) is 0 Å². The molecule has 0 saturated carbocycles. The van der Waals surface area contributed by atoms with Gasteiger partial charge in [-0.05, 0) is 6.07 Å². The lowest BCUT2D eigenvalue weighted by Crippen LogP contribution is -1.95. The molecule has 0 aromatic carbocycles. The smallest absolute Gasteiger partial charge is 0.345 e. The van der Waals surface area contributed by atoms with Crippen LogP contribution < -0.4 is 0 Å². The van der Waals surface area contributed by atoms with Crippen LogP contribution in [0.25, 0.3) is 0 Å². The van der Waals surface area contributed by atoms with Crippen molar-refractivity contribution in [3.63, 3.8) is 0 Å². The fraction of sp³-hybridized carbons (Fsp3) is 0.143. The van der Waals surface area contributed by atoms with Gasteiger partial charge in [0.05, 0.1) is 5.56 Å². The summed E-state index contributed by atoms with van der Waals surface area (Å²) in [6.07, 6.45) is 0.936. The minimum atomic E-state index is -3.53. The second-order valence-electron chi connectivity index (χ2n) is 2.50. The molecule has 0 aliphatic heterocycles. The number of rotatable bonds is 2. The number of hydrogen-bond acceptors (Lipinski definition) is 5. The Morgan fingerprint density at radius 2 is 2.21 bits per heavy atom. The van der Waals surface area contributed by atoms with Crippen molar-refractivity contribution in [3.05, 3.63) is 16.5 Å². The molecule has 7 heteroatoms. The Bertz CT molecular complexity index is 520. The lowest BCUT2D eigenvalue weighted by Gasteiger charge is -1.90. The highest BCUT2D eigenvalue weighted by Gasteiger charge is 2.20. The number of carbonyl (C=O) groups is 1. The molecule has 1 heterocycles. The number of hydrogen-bond donors (Lipinski definition) is 1. The summed E-state index contributed by atoms with van der Waals surface area (Å²) >= 11 is 0.589. The SMILES string of the molecule is CS(=O)(=O)c1sc(C(=O)O)cc1C#N. The van der Waals surface area contributed by atoms with Gasteiger partial charge in [-0.1, -0.05) is 0 Å². The van der Waals surface area contributed by atoms with Crippen molar-refractivity contribution in [1.29, 1.82) is 5.26 Å². The van der Waals surface area contributed by atoms with Crippen LogP contribution in [0.15, 0.2) is 10.3 Å². The Morgan fingerprint density at radius 3 is 2.50 bits per heavy atom. The van der Waals surface area contributed by atoms with Crippen LogP contribution >= 0.6 is 11.3 Å². The quantitative estimate of drug-likeness (QED) is 0.809. The molecular weight excluding hydrogens is 226 g/mol. The zero-order chi connectivity index (χ0) is 10.9. The van der Waals surface area contributed by atoms with Crippen LogP contribution in [0.1, 0.15) is 15.2 Å². The first-order chi connectivity index (χ1) is 6.36. The summed E-state index contributed by atoms with van der Waals surface area (Å²) in [6.45, 7) is 0. The maximum atomic E-state index is 11.1. The highest BCUT2D eigenvalue weighted by atomic mass is 32.2. The number of aromatic carboxylic acids is 1. The van der Waals surface area contributed by atoms with Gasteiger partial charge in [-0.2, -0.15) is 5.26 Å². The topological polar surface area (TPSA) is 95.2 Å². The zero-order valence-electron chi connectivity index (χ0n) is 7.01. The van der Waals surface area contributed by atoms with Gasteiger partial charge in [-0.15, -0.1) is 11.3 Å². The summed E-state index contributed by atoms with van der Waals surface area (Å²) in [6, 6.07) is 2.70. The van der Waals surface area contributed by atoms with Crippen LogP contribution in [0.3, 0.4) is 0 Å². The summed E-state index contributed by atoms with van der Waals surface area (Å²) in [4.78, 5) is 10.4. The number of carboxylic acid groups (broad SMARTS) is 1. The predicted molar refractivity (Wildman–Crippen MR) is 49.1 cm³/mol. The van der Waals surface area contributed by atoms with Crippen LogP contribution in [0.4, 0.5) is 0 Å². The van der Waals surface area contributed by atoms with Gasteiger partial charge in [-0.3, -0.25) is 0 Å². The van der Waals surface area contributed by atoms with E-state index in [1.165, 1.54) is 0 Å². The summed E-state index contributed by atoms with van der Waals surface area (Å²) in [5, 5.41) is 17.2. The second-order valence-corrected chi connectivity index (χ2v) is 5.76. The van der Waals surface area contributed by atoms with Crippen LogP contribution in [-0.2, 0) is 9.84 Å². The van der Waals surface area contributed by atoms with Gasteiger partial charge < -0.3 is 5.11 Å². The van der Waals surface area contributed by atoms with Crippen LogP contribution in [0.5, 0.6) is 0 Å². The monoisotopic (exact) mass is 231 g/mol. The molecule has 0 fully saturated rings. The van der Waals surface area contributed by atoms with Crippen molar-refractivity contribution >= 4 is 27.1 Å². The fourth-order valence-electron chi connectivity index (χ4n) is 0.833. The van der Waals surface area contributed by atoms with Gasteiger partial charge in [0.1, 0.15) is 15.2 Å². The molecule has 1 N–H and O–H groups in total. The van der Waals surface area contributed by atoms with Gasteiger partial charge in [0.15, 0.2) is 9.84 Å². The van der Waals surface area contributed by atoms with Crippen molar-refractivity contribution < 1.29 is 18.3 Å². The fourth-order valence-corrected chi connectivity index (χ4v) is 2.89. The number of nitrogens with zero attached hydrogens (tertiary/aromatic N) is 1. The van der Waals surface area contributed by atoms with Crippen molar-refractivity contribution in [3.8, 4) is 6.07 Å². The Hall–Kier alpha value is -1.39. The third kappa shape index (κ3) is 1.92. The van der Waals surface area contributed by atoms with Gasteiger partial charge in [0.25, 0.3) is 0 Å². The molecule has 0 aliphatic carbocycles. The molecule has 0 radical (unpaired) electrons. The number of carboxylic acids is 1. The molecule has 0 aliphatic rings. The average Bonchev–Trinajstić information content (AvgIpc) is 2.46. The molecule has 14 heavy (non-hydrogen) atoms. The van der Waals surface area contributed by atoms with E-state index < -0.39 is 15.8 Å². The Morgan fingerprint density at radius 1 is 1.64 bits per heavy atom. The van der Waals surface area contributed by atoms with Gasteiger partial charge in [0, 0.05) is 6.26 Å². The number of nitriles is 1. The molecule has 0 bridgehead atoms. The summed E-state index contributed by atoms with van der Waals surface area (Å²) in [7, 11) is -3.53. The molecule has 0 spiro atoms. The zero-order valence-corrected chi connectivity index (χ0v) is 8.65. The van der Waals surface area contributed by atoms with Gasteiger partial charge >= 0.3 is 5.97 Å². The molecule has 0 unspecified atom stereocenters. The third-order valence-corrected chi connectivity index (χ3v) is 4.34. The van der Waals surface area contributed by atoms with Crippen molar-refractivity contribution in [2.24, 2.45) is 0 Å².